The van der Waals surface area contributed by atoms with Gasteiger partial charge < -0.3 is 14.8 Å². The lowest BCUT2D eigenvalue weighted by molar-refractivity contribution is 0.180. The Morgan fingerprint density at radius 2 is 1.77 bits per heavy atom. The van der Waals surface area contributed by atoms with Crippen LogP contribution in [0.25, 0.3) is 0 Å². The van der Waals surface area contributed by atoms with Crippen LogP contribution in [-0.4, -0.2) is 51.3 Å². The number of rotatable bonds is 5. The Balaban J connectivity index is 1.59. The lowest BCUT2D eigenvalue weighted by Gasteiger charge is -2.39. The molecule has 6 nitrogen and oxygen atoms in total. The molecule has 1 spiro atoms. The van der Waals surface area contributed by atoms with E-state index in [1.54, 1.807) is 14.2 Å². The molecule has 2 aromatic carbocycles. The fraction of sp³-hybridized carbons (Fsp3) is 0.375. The predicted octanol–water partition coefficient (Wildman–Crippen LogP) is 4.28. The van der Waals surface area contributed by atoms with E-state index >= 15 is 0 Å². The van der Waals surface area contributed by atoms with E-state index in [-0.39, 0.29) is 11.4 Å². The van der Waals surface area contributed by atoms with Crippen molar-refractivity contribution in [1.29, 1.82) is 0 Å². The first-order chi connectivity index (χ1) is 14.6. The van der Waals surface area contributed by atoms with Gasteiger partial charge in [0, 0.05) is 29.9 Å². The average molecular weight is 408 g/mol. The van der Waals surface area contributed by atoms with Crippen molar-refractivity contribution in [3.05, 3.63) is 60.7 Å². The molecule has 0 atom stereocenters. The van der Waals surface area contributed by atoms with E-state index < -0.39 is 0 Å². The van der Waals surface area contributed by atoms with Gasteiger partial charge in [0.2, 0.25) is 0 Å². The van der Waals surface area contributed by atoms with Gasteiger partial charge in [-0.25, -0.2) is 4.79 Å². The number of carbonyl (C=O) groups excluding carboxylic acids is 1. The smallest absolute Gasteiger partial charge is 0.326 e. The number of fused-ring (bicyclic) bond motifs is 2. The fourth-order valence-electron chi connectivity index (χ4n) is 4.60. The maximum atomic E-state index is 13.2. The molecule has 4 rings (SSSR count). The largest absolute Gasteiger partial charge is 0.497 e. The highest BCUT2D eigenvalue weighted by Gasteiger charge is 2.46. The second-order valence-corrected chi connectivity index (χ2v) is 8.00. The lowest BCUT2D eigenvalue weighted by Crippen LogP contribution is -2.46. The van der Waals surface area contributed by atoms with Crippen molar-refractivity contribution < 1.29 is 14.3 Å². The van der Waals surface area contributed by atoms with Crippen LogP contribution in [0.15, 0.2) is 55.1 Å². The summed E-state index contributed by atoms with van der Waals surface area (Å²) in [5.41, 5.74) is 2.89. The molecule has 2 amide bonds. The van der Waals surface area contributed by atoms with Gasteiger partial charge >= 0.3 is 6.03 Å². The summed E-state index contributed by atoms with van der Waals surface area (Å²) < 4.78 is 10.7. The van der Waals surface area contributed by atoms with Gasteiger partial charge in [0.1, 0.15) is 11.5 Å². The van der Waals surface area contributed by atoms with Crippen LogP contribution in [0.5, 0.6) is 11.5 Å². The van der Waals surface area contributed by atoms with E-state index in [0.717, 1.165) is 55.3 Å². The Morgan fingerprint density at radius 3 is 2.40 bits per heavy atom. The molecule has 6 heteroatoms. The molecule has 2 aliphatic rings. The summed E-state index contributed by atoms with van der Waals surface area (Å²) in [6, 6.07) is 13.3. The number of likely N-dealkylation sites (tertiary alicyclic amines) is 1. The number of nitrogens with zero attached hydrogens (tertiary/aromatic N) is 2. The van der Waals surface area contributed by atoms with Crippen LogP contribution in [0.4, 0.5) is 16.2 Å². The number of urea groups is 1. The third-order valence-corrected chi connectivity index (χ3v) is 6.31. The van der Waals surface area contributed by atoms with E-state index in [4.69, 9.17) is 9.47 Å². The number of ether oxygens (including phenoxy) is 2. The van der Waals surface area contributed by atoms with Crippen molar-refractivity contribution in [1.82, 2.24) is 4.90 Å². The Morgan fingerprint density at radius 1 is 1.10 bits per heavy atom. The average Bonchev–Trinajstić information content (AvgIpc) is 3.09. The molecular weight excluding hydrogens is 378 g/mol. The highest BCUT2D eigenvalue weighted by molar-refractivity contribution is 6.03. The monoisotopic (exact) mass is 407 g/mol. The predicted molar refractivity (Wildman–Crippen MR) is 120 cm³/mol. The van der Waals surface area contributed by atoms with Gasteiger partial charge in [-0.3, -0.25) is 9.80 Å². The number of hydrogen-bond acceptors (Lipinski definition) is 4. The summed E-state index contributed by atoms with van der Waals surface area (Å²) in [7, 11) is 3.31. The van der Waals surface area contributed by atoms with Crippen LogP contribution in [0, 0.1) is 0 Å². The molecule has 0 bridgehead atoms. The van der Waals surface area contributed by atoms with Gasteiger partial charge in [-0.15, -0.1) is 6.58 Å². The first-order valence-corrected chi connectivity index (χ1v) is 10.3. The Hall–Kier alpha value is -2.99. The zero-order valence-electron chi connectivity index (χ0n) is 17.7. The maximum absolute atomic E-state index is 13.2. The van der Waals surface area contributed by atoms with E-state index in [1.807, 2.05) is 47.4 Å². The maximum Gasteiger partial charge on any atom is 0.326 e. The molecule has 1 fully saturated rings. The quantitative estimate of drug-likeness (QED) is 0.752. The number of hydrogen-bond donors (Lipinski definition) is 1. The van der Waals surface area contributed by atoms with Crippen LogP contribution >= 0.6 is 0 Å². The first-order valence-electron chi connectivity index (χ1n) is 10.3. The summed E-state index contributed by atoms with van der Waals surface area (Å²) in [6.07, 6.45) is 3.97. The third-order valence-electron chi connectivity index (χ3n) is 6.31. The summed E-state index contributed by atoms with van der Waals surface area (Å²) >= 11 is 0. The molecule has 0 radical (unpaired) electrons. The standard InChI is InChI=1S/C24H29N3O3/c1-4-13-26-14-11-24(12-15-26)17-27(22-10-9-20(30-3)16-21(22)24)23(28)25-18-5-7-19(29-2)8-6-18/h4-10,16H,1,11-15,17H2,2-3H3,(H,25,28). The summed E-state index contributed by atoms with van der Waals surface area (Å²) in [5.74, 6) is 1.59. The molecule has 0 saturated carbocycles. The van der Waals surface area contributed by atoms with Crippen LogP contribution in [0.1, 0.15) is 18.4 Å². The first kappa shape index (κ1) is 20.3. The molecule has 0 aliphatic carbocycles. The van der Waals surface area contributed by atoms with Gasteiger partial charge in [0.05, 0.1) is 14.2 Å². The molecule has 1 saturated heterocycles. The van der Waals surface area contributed by atoms with Crippen molar-refractivity contribution in [3.63, 3.8) is 0 Å². The number of benzene rings is 2. The highest BCUT2D eigenvalue weighted by Crippen LogP contribution is 2.48. The molecule has 0 aromatic heterocycles. The molecule has 30 heavy (non-hydrogen) atoms. The normalized spacial score (nSPS) is 17.5. The molecule has 0 unspecified atom stereocenters. The van der Waals surface area contributed by atoms with E-state index in [9.17, 15) is 4.79 Å². The summed E-state index contributed by atoms with van der Waals surface area (Å²) in [5, 5.41) is 3.03. The summed E-state index contributed by atoms with van der Waals surface area (Å²) in [6.45, 7) is 7.44. The van der Waals surface area contributed by atoms with E-state index in [2.05, 4.69) is 22.9 Å². The molecule has 1 N–H and O–H groups in total. The number of nitrogens with one attached hydrogen (secondary N) is 1. The van der Waals surface area contributed by atoms with Crippen molar-refractivity contribution in [2.75, 3.05) is 50.6 Å². The SMILES string of the molecule is C=CCN1CCC2(CC1)CN(C(=O)Nc1ccc(OC)cc1)c1ccc(OC)cc12. The molecule has 158 valence electrons. The minimum atomic E-state index is -0.114. The van der Waals surface area contributed by atoms with Crippen LogP contribution in [-0.2, 0) is 5.41 Å². The Bertz CT molecular complexity index is 918. The van der Waals surface area contributed by atoms with Gasteiger partial charge in [-0.05, 0) is 74.0 Å². The Labute approximate surface area is 178 Å². The zero-order chi connectivity index (χ0) is 21.1. The second kappa shape index (κ2) is 8.40. The number of anilines is 2. The second-order valence-electron chi connectivity index (χ2n) is 8.00. The number of carbonyl (C=O) groups is 1. The zero-order valence-corrected chi connectivity index (χ0v) is 17.7. The van der Waals surface area contributed by atoms with Crippen LogP contribution in [0.2, 0.25) is 0 Å². The molecule has 2 aromatic rings. The topological polar surface area (TPSA) is 54.0 Å². The molecular formula is C24H29N3O3. The molecule has 2 heterocycles. The van der Waals surface area contributed by atoms with Gasteiger partial charge in [-0.1, -0.05) is 6.08 Å². The fourth-order valence-corrected chi connectivity index (χ4v) is 4.60. The number of methoxy groups -OCH3 is 2. The van der Waals surface area contributed by atoms with Crippen molar-refractivity contribution >= 4 is 17.4 Å². The summed E-state index contributed by atoms with van der Waals surface area (Å²) in [4.78, 5) is 17.5. The van der Waals surface area contributed by atoms with Crippen LogP contribution in [0.3, 0.4) is 0 Å². The van der Waals surface area contributed by atoms with E-state index in [0.29, 0.717) is 6.54 Å². The highest BCUT2D eigenvalue weighted by atomic mass is 16.5. The third kappa shape index (κ3) is 3.75. The minimum absolute atomic E-state index is 0.0429. The lowest BCUT2D eigenvalue weighted by atomic mass is 9.74. The van der Waals surface area contributed by atoms with Gasteiger partial charge in [-0.2, -0.15) is 0 Å². The van der Waals surface area contributed by atoms with Gasteiger partial charge in [0.25, 0.3) is 0 Å². The minimum Gasteiger partial charge on any atom is -0.497 e. The molecule has 2 aliphatic heterocycles. The van der Waals surface area contributed by atoms with E-state index in [1.165, 1.54) is 5.56 Å². The van der Waals surface area contributed by atoms with Crippen molar-refractivity contribution in [3.8, 4) is 11.5 Å². The number of piperidine rings is 1. The number of amides is 2. The van der Waals surface area contributed by atoms with Gasteiger partial charge in [0.15, 0.2) is 0 Å². The van der Waals surface area contributed by atoms with Crippen LogP contribution < -0.4 is 19.7 Å². The van der Waals surface area contributed by atoms with Crippen molar-refractivity contribution in [2.45, 2.75) is 18.3 Å². The Kier molecular flexibility index (Phi) is 5.68. The van der Waals surface area contributed by atoms with Crippen molar-refractivity contribution in [2.24, 2.45) is 0 Å².